The number of nitrogens with one attached hydrogen (secondary N) is 2. The Bertz CT molecular complexity index is 1110. The second-order valence-corrected chi connectivity index (χ2v) is 8.45. The second-order valence-electron chi connectivity index (χ2n) is 7.42. The number of hydrogen-bond acceptors (Lipinski definition) is 6. The smallest absolute Gasteiger partial charge is 0.205 e. The zero-order valence-corrected chi connectivity index (χ0v) is 16.8. The van der Waals surface area contributed by atoms with Crippen LogP contribution in [-0.2, 0) is 6.54 Å². The fourth-order valence-corrected chi connectivity index (χ4v) is 5.04. The molecule has 0 unspecified atom stereocenters. The highest BCUT2D eigenvalue weighted by Crippen LogP contribution is 2.30. The Hall–Kier alpha value is -2.67. The predicted octanol–water partition coefficient (Wildman–Crippen LogP) is 4.88. The molecule has 6 nitrogen and oxygen atoms in total. The molecule has 144 valence electrons. The molecular weight excluding hydrogens is 368 g/mol. The summed E-state index contributed by atoms with van der Waals surface area (Å²) in [5.41, 5.74) is 4.09. The molecule has 1 aliphatic carbocycles. The molecule has 0 spiro atoms. The molecule has 0 amide bonds. The highest BCUT2D eigenvalue weighted by molar-refractivity contribution is 7.22. The molecule has 1 aromatic carbocycles. The van der Waals surface area contributed by atoms with Crippen molar-refractivity contribution in [2.75, 3.05) is 17.7 Å². The van der Waals surface area contributed by atoms with Gasteiger partial charge in [0, 0.05) is 19.3 Å². The Labute approximate surface area is 168 Å². The largest absolute Gasteiger partial charge is 0.359 e. The number of rotatable bonds is 5. The van der Waals surface area contributed by atoms with Gasteiger partial charge in [-0.2, -0.15) is 0 Å². The summed E-state index contributed by atoms with van der Waals surface area (Å²) in [7, 11) is 1.90. The van der Waals surface area contributed by atoms with E-state index in [0.29, 0.717) is 6.04 Å². The highest BCUT2D eigenvalue weighted by atomic mass is 32.1. The lowest BCUT2D eigenvalue weighted by Crippen LogP contribution is -2.21. The minimum Gasteiger partial charge on any atom is -0.359 e. The molecule has 3 heterocycles. The Balaban J connectivity index is 1.42. The molecular formula is C21H24N6S. The molecule has 4 aromatic rings. The standard InChI is InChI=1S/C21H24N6S/c1-22-20-25-17-8-5-11-23-19(17)27(20)13-14-9-10-16-18(12-14)28-21(26-16)24-15-6-3-2-4-7-15/h5,8-12,15H,2-4,6-7,13H2,1H3,(H,22,25)(H,24,26). The maximum absolute atomic E-state index is 4.79. The van der Waals surface area contributed by atoms with Crippen LogP contribution in [0.5, 0.6) is 0 Å². The van der Waals surface area contributed by atoms with Gasteiger partial charge in [-0.1, -0.05) is 36.7 Å². The topological polar surface area (TPSA) is 67.7 Å². The van der Waals surface area contributed by atoms with Gasteiger partial charge >= 0.3 is 0 Å². The lowest BCUT2D eigenvalue weighted by Gasteiger charge is -2.22. The molecule has 1 saturated carbocycles. The number of pyridine rings is 1. The first-order chi connectivity index (χ1) is 13.8. The maximum Gasteiger partial charge on any atom is 0.205 e. The Morgan fingerprint density at radius 3 is 2.86 bits per heavy atom. The summed E-state index contributed by atoms with van der Waals surface area (Å²) in [5, 5.41) is 7.88. The van der Waals surface area contributed by atoms with Gasteiger partial charge in [-0.25, -0.2) is 15.0 Å². The summed E-state index contributed by atoms with van der Waals surface area (Å²) in [6, 6.07) is 11.0. The van der Waals surface area contributed by atoms with Crippen molar-refractivity contribution in [2.24, 2.45) is 0 Å². The quantitative estimate of drug-likeness (QED) is 0.507. The van der Waals surface area contributed by atoms with Crippen molar-refractivity contribution in [1.29, 1.82) is 0 Å². The van der Waals surface area contributed by atoms with E-state index in [0.717, 1.165) is 34.3 Å². The third-order valence-electron chi connectivity index (χ3n) is 5.45. The summed E-state index contributed by atoms with van der Waals surface area (Å²) in [6.45, 7) is 0.725. The summed E-state index contributed by atoms with van der Waals surface area (Å²) < 4.78 is 3.35. The molecule has 2 N–H and O–H groups in total. The number of nitrogens with zero attached hydrogens (tertiary/aromatic N) is 4. The lowest BCUT2D eigenvalue weighted by molar-refractivity contribution is 0.462. The first kappa shape index (κ1) is 17.4. The van der Waals surface area contributed by atoms with Crippen LogP contribution in [0.2, 0.25) is 0 Å². The van der Waals surface area contributed by atoms with Gasteiger partial charge in [-0.05, 0) is 42.7 Å². The van der Waals surface area contributed by atoms with Crippen LogP contribution in [0.3, 0.4) is 0 Å². The normalized spacial score (nSPS) is 15.3. The predicted molar refractivity (Wildman–Crippen MR) is 116 cm³/mol. The summed E-state index contributed by atoms with van der Waals surface area (Å²) in [4.78, 5) is 13.9. The first-order valence-corrected chi connectivity index (χ1v) is 10.8. The third-order valence-corrected chi connectivity index (χ3v) is 6.40. The van der Waals surface area contributed by atoms with Crippen molar-refractivity contribution < 1.29 is 0 Å². The molecule has 1 fully saturated rings. The van der Waals surface area contributed by atoms with Crippen LogP contribution >= 0.6 is 11.3 Å². The molecule has 0 bridgehead atoms. The number of anilines is 2. The fourth-order valence-electron chi connectivity index (χ4n) is 4.03. The summed E-state index contributed by atoms with van der Waals surface area (Å²) >= 11 is 1.75. The van der Waals surface area contributed by atoms with E-state index in [1.54, 1.807) is 11.3 Å². The van der Waals surface area contributed by atoms with E-state index in [9.17, 15) is 0 Å². The average Bonchev–Trinajstić information content (AvgIpc) is 3.29. The molecule has 3 aromatic heterocycles. The van der Waals surface area contributed by atoms with E-state index in [1.165, 1.54) is 42.4 Å². The van der Waals surface area contributed by atoms with Crippen molar-refractivity contribution in [2.45, 2.75) is 44.7 Å². The number of fused-ring (bicyclic) bond motifs is 2. The van der Waals surface area contributed by atoms with Gasteiger partial charge in [0.05, 0.1) is 16.8 Å². The number of aromatic nitrogens is 4. The number of hydrogen-bond donors (Lipinski definition) is 2. The number of imidazole rings is 1. The van der Waals surface area contributed by atoms with Gasteiger partial charge in [-0.15, -0.1) is 0 Å². The fraction of sp³-hybridized carbons (Fsp3) is 0.381. The minimum absolute atomic E-state index is 0.579. The van der Waals surface area contributed by atoms with Crippen molar-refractivity contribution >= 4 is 43.8 Å². The summed E-state index contributed by atoms with van der Waals surface area (Å²) in [5.74, 6) is 0.831. The van der Waals surface area contributed by atoms with Crippen LogP contribution in [-0.4, -0.2) is 32.6 Å². The molecule has 0 aliphatic heterocycles. The number of thiazole rings is 1. The Morgan fingerprint density at radius 1 is 1.11 bits per heavy atom. The van der Waals surface area contributed by atoms with Gasteiger partial charge in [-0.3, -0.25) is 4.57 Å². The molecule has 1 aliphatic rings. The van der Waals surface area contributed by atoms with Gasteiger partial charge < -0.3 is 10.6 Å². The van der Waals surface area contributed by atoms with Crippen LogP contribution in [0.25, 0.3) is 21.4 Å². The van der Waals surface area contributed by atoms with E-state index in [4.69, 9.17) is 4.98 Å². The lowest BCUT2D eigenvalue weighted by atomic mass is 9.96. The minimum atomic E-state index is 0.579. The van der Waals surface area contributed by atoms with Crippen LogP contribution in [0.15, 0.2) is 36.5 Å². The van der Waals surface area contributed by atoms with Crippen LogP contribution in [0.1, 0.15) is 37.7 Å². The molecule has 0 atom stereocenters. The molecule has 0 saturated heterocycles. The van der Waals surface area contributed by atoms with E-state index in [2.05, 4.69) is 43.4 Å². The molecule has 28 heavy (non-hydrogen) atoms. The average molecular weight is 393 g/mol. The van der Waals surface area contributed by atoms with Gasteiger partial charge in [0.25, 0.3) is 0 Å². The van der Waals surface area contributed by atoms with Crippen LogP contribution < -0.4 is 10.6 Å². The zero-order valence-electron chi connectivity index (χ0n) is 16.0. The van der Waals surface area contributed by atoms with Gasteiger partial charge in [0.1, 0.15) is 5.52 Å². The van der Waals surface area contributed by atoms with Crippen molar-refractivity contribution in [3.63, 3.8) is 0 Å². The van der Waals surface area contributed by atoms with Gasteiger partial charge in [0.15, 0.2) is 10.8 Å². The third kappa shape index (κ3) is 3.30. The first-order valence-electron chi connectivity index (χ1n) is 9.95. The highest BCUT2D eigenvalue weighted by Gasteiger charge is 2.15. The Kier molecular flexibility index (Phi) is 4.60. The van der Waals surface area contributed by atoms with Gasteiger partial charge in [0.2, 0.25) is 5.95 Å². The van der Waals surface area contributed by atoms with Crippen molar-refractivity contribution in [1.82, 2.24) is 19.5 Å². The molecule has 0 radical (unpaired) electrons. The zero-order chi connectivity index (χ0) is 18.9. The van der Waals surface area contributed by atoms with Crippen LogP contribution in [0, 0.1) is 0 Å². The Morgan fingerprint density at radius 2 is 2.00 bits per heavy atom. The van der Waals surface area contributed by atoms with E-state index in [-0.39, 0.29) is 0 Å². The maximum atomic E-state index is 4.79. The second kappa shape index (κ2) is 7.39. The van der Waals surface area contributed by atoms with Crippen LogP contribution in [0.4, 0.5) is 11.1 Å². The van der Waals surface area contributed by atoms with E-state index < -0.39 is 0 Å². The van der Waals surface area contributed by atoms with Crippen molar-refractivity contribution in [3.8, 4) is 0 Å². The summed E-state index contributed by atoms with van der Waals surface area (Å²) in [6.07, 6.45) is 8.35. The van der Waals surface area contributed by atoms with E-state index in [1.807, 2.05) is 25.4 Å². The van der Waals surface area contributed by atoms with Crippen molar-refractivity contribution in [3.05, 3.63) is 42.1 Å². The monoisotopic (exact) mass is 392 g/mol. The molecule has 5 rings (SSSR count). The molecule has 7 heteroatoms. The number of benzene rings is 1. The van der Waals surface area contributed by atoms with E-state index >= 15 is 0 Å². The SMILES string of the molecule is CNc1nc2cccnc2n1Cc1ccc2nc(NC3CCCCC3)sc2c1.